The fourth-order valence-corrected chi connectivity index (χ4v) is 3.84. The van der Waals surface area contributed by atoms with Gasteiger partial charge in [0.2, 0.25) is 0 Å². The third-order valence-electron chi connectivity index (χ3n) is 5.58. The zero-order chi connectivity index (χ0) is 25.8. The fourth-order valence-electron chi connectivity index (χ4n) is 3.67. The first-order chi connectivity index (χ1) is 17.3. The zero-order valence-corrected chi connectivity index (χ0v) is 20.1. The van der Waals surface area contributed by atoms with Crippen molar-refractivity contribution in [2.75, 3.05) is 4.90 Å². The minimum Gasteiger partial charge on any atom is -0.489 e. The lowest BCUT2D eigenvalue weighted by Gasteiger charge is -2.26. The molecule has 0 unspecified atom stereocenters. The van der Waals surface area contributed by atoms with Crippen molar-refractivity contribution in [3.05, 3.63) is 112 Å². The SMILES string of the molecule is C=CCc1cc(/C=C2/C(=O)NC(=O)N(c3ccc(C)c(Cl)c3)C2=O)ccc1OCc1ccc(F)cc1. The Hall–Kier alpha value is -4.23. The van der Waals surface area contributed by atoms with Gasteiger partial charge in [-0.05, 0) is 78.1 Å². The van der Waals surface area contributed by atoms with Crippen molar-refractivity contribution in [1.82, 2.24) is 5.32 Å². The fraction of sp³-hybridized carbons (Fsp3) is 0.107. The number of anilines is 1. The second kappa shape index (κ2) is 10.6. The topological polar surface area (TPSA) is 75.7 Å². The summed E-state index contributed by atoms with van der Waals surface area (Å²) in [7, 11) is 0. The molecule has 1 saturated heterocycles. The maximum absolute atomic E-state index is 13.2. The highest BCUT2D eigenvalue weighted by molar-refractivity contribution is 6.39. The Labute approximate surface area is 212 Å². The molecule has 36 heavy (non-hydrogen) atoms. The summed E-state index contributed by atoms with van der Waals surface area (Å²) in [6.45, 7) is 5.81. The van der Waals surface area contributed by atoms with E-state index in [0.717, 1.165) is 21.6 Å². The van der Waals surface area contributed by atoms with Gasteiger partial charge >= 0.3 is 6.03 Å². The molecule has 1 fully saturated rings. The summed E-state index contributed by atoms with van der Waals surface area (Å²) in [6, 6.07) is 15.1. The summed E-state index contributed by atoms with van der Waals surface area (Å²) >= 11 is 6.17. The number of carbonyl (C=O) groups excluding carboxylic acids is 3. The number of rotatable bonds is 7. The standard InChI is InChI=1S/C28H22ClFN2O4/c1-3-4-20-13-19(8-12-25(20)36-16-18-6-9-21(30)10-7-18)14-23-26(33)31-28(35)32(27(23)34)22-11-5-17(2)24(29)15-22/h3,5-15H,1,4,16H2,2H3,(H,31,33,35)/b23-14-. The van der Waals surface area contributed by atoms with Gasteiger partial charge in [0, 0.05) is 5.02 Å². The number of nitrogens with zero attached hydrogens (tertiary/aromatic N) is 1. The van der Waals surface area contributed by atoms with Gasteiger partial charge in [0.05, 0.1) is 5.69 Å². The third kappa shape index (κ3) is 5.37. The number of amides is 4. The van der Waals surface area contributed by atoms with Gasteiger partial charge in [0.1, 0.15) is 23.7 Å². The van der Waals surface area contributed by atoms with Crippen molar-refractivity contribution >= 4 is 41.2 Å². The summed E-state index contributed by atoms with van der Waals surface area (Å²) in [6.07, 6.45) is 3.60. The number of imide groups is 2. The number of urea groups is 1. The van der Waals surface area contributed by atoms with E-state index in [9.17, 15) is 18.8 Å². The lowest BCUT2D eigenvalue weighted by atomic mass is 10.0. The summed E-state index contributed by atoms with van der Waals surface area (Å²) in [4.78, 5) is 39.0. The Morgan fingerprint density at radius 2 is 1.81 bits per heavy atom. The molecule has 1 N–H and O–H groups in total. The van der Waals surface area contributed by atoms with Crippen LogP contribution in [0.2, 0.25) is 5.02 Å². The molecule has 0 spiro atoms. The normalized spacial score (nSPS) is 14.7. The second-order valence-corrected chi connectivity index (χ2v) is 8.57. The number of halogens is 2. The van der Waals surface area contributed by atoms with Gasteiger partial charge in [-0.15, -0.1) is 6.58 Å². The maximum atomic E-state index is 13.2. The van der Waals surface area contributed by atoms with E-state index in [1.54, 1.807) is 55.5 Å². The first-order valence-corrected chi connectivity index (χ1v) is 11.4. The molecule has 3 aromatic carbocycles. The van der Waals surface area contributed by atoms with Crippen LogP contribution in [0.1, 0.15) is 22.3 Å². The molecule has 8 heteroatoms. The molecule has 4 amide bonds. The number of hydrogen-bond acceptors (Lipinski definition) is 4. The van der Waals surface area contributed by atoms with Crippen LogP contribution in [0.15, 0.2) is 78.9 Å². The Balaban J connectivity index is 1.62. The molecular formula is C28H22ClFN2O4. The molecule has 0 aliphatic carbocycles. The number of ether oxygens (including phenoxy) is 1. The molecule has 3 aromatic rings. The summed E-state index contributed by atoms with van der Waals surface area (Å²) in [5.41, 5.74) is 2.99. The van der Waals surface area contributed by atoms with Gasteiger partial charge in [-0.25, -0.2) is 14.1 Å². The number of barbiturate groups is 1. The van der Waals surface area contributed by atoms with E-state index >= 15 is 0 Å². The van der Waals surface area contributed by atoms with Gasteiger partial charge in [0.15, 0.2) is 0 Å². The van der Waals surface area contributed by atoms with E-state index in [-0.39, 0.29) is 23.7 Å². The lowest BCUT2D eigenvalue weighted by Crippen LogP contribution is -2.54. The van der Waals surface area contributed by atoms with Crippen molar-refractivity contribution in [1.29, 1.82) is 0 Å². The van der Waals surface area contributed by atoms with Crippen LogP contribution in [0, 0.1) is 12.7 Å². The van der Waals surface area contributed by atoms with E-state index in [1.165, 1.54) is 24.3 Å². The van der Waals surface area contributed by atoms with Gasteiger partial charge in [-0.2, -0.15) is 0 Å². The van der Waals surface area contributed by atoms with E-state index in [0.29, 0.717) is 22.8 Å². The number of aryl methyl sites for hydroxylation is 1. The average molecular weight is 505 g/mol. The first-order valence-electron chi connectivity index (χ1n) is 11.1. The quantitative estimate of drug-likeness (QED) is 0.252. The van der Waals surface area contributed by atoms with Crippen LogP contribution >= 0.6 is 11.6 Å². The number of nitrogens with one attached hydrogen (secondary N) is 1. The highest BCUT2D eigenvalue weighted by atomic mass is 35.5. The number of benzene rings is 3. The number of allylic oxidation sites excluding steroid dienone is 1. The summed E-state index contributed by atoms with van der Waals surface area (Å²) in [5.74, 6) is -1.28. The number of hydrogen-bond donors (Lipinski definition) is 1. The van der Waals surface area contributed by atoms with Crippen LogP contribution in [0.25, 0.3) is 6.08 Å². The molecule has 0 saturated carbocycles. The van der Waals surface area contributed by atoms with Crippen molar-refractivity contribution in [3.8, 4) is 5.75 Å². The van der Waals surface area contributed by atoms with Crippen LogP contribution in [0.3, 0.4) is 0 Å². The predicted molar refractivity (Wildman–Crippen MR) is 136 cm³/mol. The maximum Gasteiger partial charge on any atom is 0.335 e. The molecule has 6 nitrogen and oxygen atoms in total. The molecule has 182 valence electrons. The van der Waals surface area contributed by atoms with Gasteiger partial charge < -0.3 is 4.74 Å². The van der Waals surface area contributed by atoms with Gasteiger partial charge in [-0.1, -0.05) is 41.9 Å². The smallest absolute Gasteiger partial charge is 0.335 e. The van der Waals surface area contributed by atoms with Gasteiger partial charge in [-0.3, -0.25) is 14.9 Å². The van der Waals surface area contributed by atoms with Crippen LogP contribution in [0.4, 0.5) is 14.9 Å². The molecule has 4 rings (SSSR count). The lowest BCUT2D eigenvalue weighted by molar-refractivity contribution is -0.122. The van der Waals surface area contributed by atoms with Crippen LogP contribution in [0.5, 0.6) is 5.75 Å². The average Bonchev–Trinajstić information content (AvgIpc) is 2.84. The molecular weight excluding hydrogens is 483 g/mol. The van der Waals surface area contributed by atoms with Gasteiger partial charge in [0.25, 0.3) is 11.8 Å². The summed E-state index contributed by atoms with van der Waals surface area (Å²) < 4.78 is 19.1. The van der Waals surface area contributed by atoms with E-state index in [4.69, 9.17) is 16.3 Å². The van der Waals surface area contributed by atoms with E-state index in [2.05, 4.69) is 11.9 Å². The molecule has 1 heterocycles. The highest BCUT2D eigenvalue weighted by Crippen LogP contribution is 2.28. The monoisotopic (exact) mass is 504 g/mol. The Bertz CT molecular complexity index is 1400. The van der Waals surface area contributed by atoms with Crippen LogP contribution < -0.4 is 15.0 Å². The predicted octanol–water partition coefficient (Wildman–Crippen LogP) is 5.76. The van der Waals surface area contributed by atoms with Crippen molar-refractivity contribution in [3.63, 3.8) is 0 Å². The summed E-state index contributed by atoms with van der Waals surface area (Å²) in [5, 5.41) is 2.59. The van der Waals surface area contributed by atoms with E-state index in [1.807, 2.05) is 0 Å². The highest BCUT2D eigenvalue weighted by Gasteiger charge is 2.37. The van der Waals surface area contributed by atoms with Crippen LogP contribution in [-0.4, -0.2) is 17.8 Å². The van der Waals surface area contributed by atoms with Crippen LogP contribution in [-0.2, 0) is 22.6 Å². The Kier molecular flexibility index (Phi) is 7.31. The first kappa shape index (κ1) is 24.9. The Morgan fingerprint density at radius 3 is 2.50 bits per heavy atom. The molecule has 0 radical (unpaired) electrons. The molecule has 0 aromatic heterocycles. The largest absolute Gasteiger partial charge is 0.489 e. The van der Waals surface area contributed by atoms with Crippen molar-refractivity contribution < 1.29 is 23.5 Å². The molecule has 0 bridgehead atoms. The molecule has 0 atom stereocenters. The minimum atomic E-state index is -0.848. The third-order valence-corrected chi connectivity index (χ3v) is 5.99. The molecule has 1 aliphatic rings. The number of carbonyl (C=O) groups is 3. The molecule has 1 aliphatic heterocycles. The second-order valence-electron chi connectivity index (χ2n) is 8.17. The Morgan fingerprint density at radius 1 is 1.06 bits per heavy atom. The van der Waals surface area contributed by atoms with Crippen molar-refractivity contribution in [2.24, 2.45) is 0 Å². The van der Waals surface area contributed by atoms with E-state index < -0.39 is 17.8 Å². The minimum absolute atomic E-state index is 0.198. The zero-order valence-electron chi connectivity index (χ0n) is 19.4. The van der Waals surface area contributed by atoms with Crippen molar-refractivity contribution in [2.45, 2.75) is 20.0 Å².